The second kappa shape index (κ2) is 14.4. The summed E-state index contributed by atoms with van der Waals surface area (Å²) in [6.45, 7) is 9.22. The van der Waals surface area contributed by atoms with Crippen molar-refractivity contribution in [1.29, 1.82) is 0 Å². The van der Waals surface area contributed by atoms with E-state index in [1.807, 2.05) is 0 Å². The lowest BCUT2D eigenvalue weighted by atomic mass is 10.0. The van der Waals surface area contributed by atoms with E-state index < -0.39 is 0 Å². The monoisotopic (exact) mass is 300 g/mol. The van der Waals surface area contributed by atoms with Crippen LogP contribution in [0.4, 0.5) is 0 Å². The molecule has 3 nitrogen and oxygen atoms in total. The molecule has 0 aliphatic rings. The number of rotatable bonds is 14. The molecule has 0 spiro atoms. The molecule has 0 N–H and O–H groups in total. The standard InChI is InChI=1S/C18H36O3/c1-5-7-8-9-10-11-12-13-14-20-18(6-2)16(3)15-21-17(4)19/h16,18H,5-15H2,1-4H3. The lowest BCUT2D eigenvalue weighted by Gasteiger charge is -2.22. The summed E-state index contributed by atoms with van der Waals surface area (Å²) in [6, 6.07) is 0. The van der Waals surface area contributed by atoms with Crippen LogP contribution >= 0.6 is 0 Å². The molecule has 0 aromatic rings. The van der Waals surface area contributed by atoms with E-state index in [1.54, 1.807) is 0 Å². The molecule has 0 aliphatic carbocycles. The molecule has 0 aromatic heterocycles. The maximum atomic E-state index is 10.8. The average Bonchev–Trinajstić information content (AvgIpc) is 2.47. The minimum Gasteiger partial charge on any atom is -0.465 e. The van der Waals surface area contributed by atoms with Crippen LogP contribution in [0.2, 0.25) is 0 Å². The summed E-state index contributed by atoms with van der Waals surface area (Å²) in [7, 11) is 0. The number of carbonyl (C=O) groups excluding carboxylic acids is 1. The Morgan fingerprint density at radius 3 is 2.05 bits per heavy atom. The van der Waals surface area contributed by atoms with Gasteiger partial charge in [-0.1, -0.05) is 65.7 Å². The summed E-state index contributed by atoms with van der Waals surface area (Å²) >= 11 is 0. The van der Waals surface area contributed by atoms with Crippen LogP contribution in [-0.4, -0.2) is 25.3 Å². The molecule has 21 heavy (non-hydrogen) atoms. The molecule has 0 radical (unpaired) electrons. The van der Waals surface area contributed by atoms with Crippen molar-refractivity contribution in [2.75, 3.05) is 13.2 Å². The molecular weight excluding hydrogens is 264 g/mol. The molecule has 126 valence electrons. The van der Waals surface area contributed by atoms with Gasteiger partial charge in [0, 0.05) is 19.4 Å². The van der Waals surface area contributed by atoms with Crippen molar-refractivity contribution in [1.82, 2.24) is 0 Å². The molecule has 0 bridgehead atoms. The van der Waals surface area contributed by atoms with Gasteiger partial charge in [0.05, 0.1) is 12.7 Å². The van der Waals surface area contributed by atoms with Crippen LogP contribution in [0.25, 0.3) is 0 Å². The number of esters is 1. The van der Waals surface area contributed by atoms with E-state index in [0.29, 0.717) is 6.61 Å². The minimum atomic E-state index is -0.209. The molecule has 0 rings (SSSR count). The fraction of sp³-hybridized carbons (Fsp3) is 0.944. The van der Waals surface area contributed by atoms with E-state index in [-0.39, 0.29) is 18.0 Å². The Morgan fingerprint density at radius 2 is 1.52 bits per heavy atom. The quantitative estimate of drug-likeness (QED) is 0.330. The molecule has 0 fully saturated rings. The summed E-state index contributed by atoms with van der Waals surface area (Å²) in [5, 5.41) is 0. The zero-order valence-electron chi connectivity index (χ0n) is 14.7. The van der Waals surface area contributed by atoms with Crippen molar-refractivity contribution in [2.24, 2.45) is 5.92 Å². The molecule has 2 atom stereocenters. The van der Waals surface area contributed by atoms with Crippen LogP contribution in [0.1, 0.15) is 85.5 Å². The predicted octanol–water partition coefficient (Wildman–Crippen LogP) is 5.12. The van der Waals surface area contributed by atoms with Crippen LogP contribution in [-0.2, 0) is 14.3 Å². The summed E-state index contributed by atoms with van der Waals surface area (Å²) in [5.74, 6) is 0.0627. The van der Waals surface area contributed by atoms with E-state index >= 15 is 0 Å². The van der Waals surface area contributed by atoms with Crippen LogP contribution in [0.5, 0.6) is 0 Å². The highest BCUT2D eigenvalue weighted by Crippen LogP contribution is 2.14. The van der Waals surface area contributed by atoms with Crippen molar-refractivity contribution >= 4 is 5.97 Å². The molecule has 0 saturated heterocycles. The Bertz CT molecular complexity index is 241. The largest absolute Gasteiger partial charge is 0.465 e. The Balaban J connectivity index is 3.52. The Hall–Kier alpha value is -0.570. The van der Waals surface area contributed by atoms with E-state index in [4.69, 9.17) is 9.47 Å². The van der Waals surface area contributed by atoms with Crippen molar-refractivity contribution < 1.29 is 14.3 Å². The van der Waals surface area contributed by atoms with Gasteiger partial charge >= 0.3 is 5.97 Å². The lowest BCUT2D eigenvalue weighted by Crippen LogP contribution is -2.26. The summed E-state index contributed by atoms with van der Waals surface area (Å²) < 4.78 is 11.0. The first kappa shape index (κ1) is 20.4. The maximum absolute atomic E-state index is 10.8. The maximum Gasteiger partial charge on any atom is 0.302 e. The Kier molecular flexibility index (Phi) is 14.0. The highest BCUT2D eigenvalue weighted by Gasteiger charge is 2.17. The van der Waals surface area contributed by atoms with Crippen LogP contribution in [0.15, 0.2) is 0 Å². The highest BCUT2D eigenvalue weighted by molar-refractivity contribution is 5.65. The summed E-state index contributed by atoms with van der Waals surface area (Å²) in [5.41, 5.74) is 0. The van der Waals surface area contributed by atoms with Gasteiger partial charge in [0.25, 0.3) is 0 Å². The molecule has 0 amide bonds. The van der Waals surface area contributed by atoms with E-state index in [2.05, 4.69) is 20.8 Å². The van der Waals surface area contributed by atoms with Gasteiger partial charge in [0.2, 0.25) is 0 Å². The SMILES string of the molecule is CCCCCCCCCCOC(CC)C(C)COC(C)=O. The van der Waals surface area contributed by atoms with Gasteiger partial charge in [-0.05, 0) is 12.8 Å². The first-order valence-corrected chi connectivity index (χ1v) is 8.86. The third-order valence-corrected chi connectivity index (χ3v) is 3.92. The second-order valence-corrected chi connectivity index (χ2v) is 6.07. The smallest absolute Gasteiger partial charge is 0.302 e. The molecule has 0 aliphatic heterocycles. The van der Waals surface area contributed by atoms with Crippen molar-refractivity contribution in [2.45, 2.75) is 91.6 Å². The van der Waals surface area contributed by atoms with E-state index in [1.165, 1.54) is 51.9 Å². The first-order chi connectivity index (χ1) is 10.1. The molecule has 3 heteroatoms. The average molecular weight is 300 g/mol. The first-order valence-electron chi connectivity index (χ1n) is 8.86. The number of ether oxygens (including phenoxy) is 2. The number of unbranched alkanes of at least 4 members (excludes halogenated alkanes) is 7. The van der Waals surface area contributed by atoms with Crippen LogP contribution in [0, 0.1) is 5.92 Å². The zero-order valence-corrected chi connectivity index (χ0v) is 14.7. The zero-order chi connectivity index (χ0) is 15.9. The van der Waals surface area contributed by atoms with Crippen LogP contribution in [0.3, 0.4) is 0 Å². The fourth-order valence-corrected chi connectivity index (χ4v) is 2.51. The van der Waals surface area contributed by atoms with Gasteiger partial charge in [0.1, 0.15) is 0 Å². The number of carbonyl (C=O) groups is 1. The van der Waals surface area contributed by atoms with Gasteiger partial charge in [-0.25, -0.2) is 0 Å². The molecular formula is C18H36O3. The number of hydrogen-bond donors (Lipinski definition) is 0. The lowest BCUT2D eigenvalue weighted by molar-refractivity contribution is -0.143. The van der Waals surface area contributed by atoms with E-state index in [0.717, 1.165) is 19.4 Å². The molecule has 0 saturated carbocycles. The van der Waals surface area contributed by atoms with Crippen LogP contribution < -0.4 is 0 Å². The van der Waals surface area contributed by atoms with E-state index in [9.17, 15) is 4.79 Å². The van der Waals surface area contributed by atoms with Gasteiger partial charge in [-0.2, -0.15) is 0 Å². The van der Waals surface area contributed by atoms with Gasteiger partial charge < -0.3 is 9.47 Å². The molecule has 0 aromatic carbocycles. The predicted molar refractivity (Wildman–Crippen MR) is 88.4 cm³/mol. The Labute approximate surface area is 131 Å². The number of hydrogen-bond acceptors (Lipinski definition) is 3. The highest BCUT2D eigenvalue weighted by atomic mass is 16.5. The normalized spacial score (nSPS) is 13.9. The molecule has 0 heterocycles. The van der Waals surface area contributed by atoms with Gasteiger partial charge in [-0.3, -0.25) is 4.79 Å². The summed E-state index contributed by atoms with van der Waals surface area (Å²) in [6.07, 6.45) is 11.7. The van der Waals surface area contributed by atoms with Gasteiger partial charge in [0.15, 0.2) is 0 Å². The summed E-state index contributed by atoms with van der Waals surface area (Å²) in [4.78, 5) is 10.8. The third-order valence-electron chi connectivity index (χ3n) is 3.92. The van der Waals surface area contributed by atoms with Crippen molar-refractivity contribution in [3.63, 3.8) is 0 Å². The van der Waals surface area contributed by atoms with Gasteiger partial charge in [-0.15, -0.1) is 0 Å². The Morgan fingerprint density at radius 1 is 0.952 bits per heavy atom. The van der Waals surface area contributed by atoms with Crippen molar-refractivity contribution in [3.05, 3.63) is 0 Å². The minimum absolute atomic E-state index is 0.203. The fourth-order valence-electron chi connectivity index (χ4n) is 2.51. The third kappa shape index (κ3) is 12.9. The second-order valence-electron chi connectivity index (χ2n) is 6.07. The topological polar surface area (TPSA) is 35.5 Å². The molecule has 2 unspecified atom stereocenters. The van der Waals surface area contributed by atoms with Crippen molar-refractivity contribution in [3.8, 4) is 0 Å².